The van der Waals surface area contributed by atoms with E-state index in [0.29, 0.717) is 17.9 Å². The molecule has 2 aromatic carbocycles. The Kier molecular flexibility index (Phi) is 4.89. The summed E-state index contributed by atoms with van der Waals surface area (Å²) in [5.41, 5.74) is 10.0. The Balaban J connectivity index is 1.32. The second-order valence-electron chi connectivity index (χ2n) is 7.03. The molecule has 0 saturated carbocycles. The van der Waals surface area contributed by atoms with Gasteiger partial charge in [0.2, 0.25) is 0 Å². The molecule has 31 heavy (non-hydrogen) atoms. The number of aromatic nitrogens is 4. The maximum atomic E-state index is 12.7. The number of carbonyl (C=O) groups excluding carboxylic acids is 1. The average Bonchev–Trinajstić information content (AvgIpc) is 3.48. The molecule has 7 nitrogen and oxygen atoms in total. The second-order valence-corrected chi connectivity index (χ2v) is 7.98. The Morgan fingerprint density at radius 2 is 1.97 bits per heavy atom. The van der Waals surface area contributed by atoms with Crippen LogP contribution in [0.4, 0.5) is 11.4 Å². The molecule has 5 rings (SSSR count). The number of pyridine rings is 1. The van der Waals surface area contributed by atoms with E-state index in [2.05, 4.69) is 20.6 Å². The Bertz CT molecular complexity index is 1380. The van der Waals surface area contributed by atoms with Gasteiger partial charge in [-0.15, -0.1) is 16.4 Å². The molecule has 3 heterocycles. The molecule has 8 heteroatoms. The number of para-hydroxylation sites is 1. The largest absolute Gasteiger partial charge is 0.397 e. The molecule has 152 valence electrons. The van der Waals surface area contributed by atoms with Crippen LogP contribution >= 0.6 is 11.3 Å². The number of nitrogens with two attached hydrogens (primary N) is 1. The zero-order valence-electron chi connectivity index (χ0n) is 16.4. The second kappa shape index (κ2) is 8.00. The summed E-state index contributed by atoms with van der Waals surface area (Å²) in [7, 11) is 0. The van der Waals surface area contributed by atoms with E-state index in [1.54, 1.807) is 28.3 Å². The Morgan fingerprint density at radius 3 is 2.84 bits per heavy atom. The van der Waals surface area contributed by atoms with Crippen LogP contribution in [0, 0.1) is 0 Å². The van der Waals surface area contributed by atoms with Gasteiger partial charge in [0.1, 0.15) is 0 Å². The van der Waals surface area contributed by atoms with Gasteiger partial charge in [0.05, 0.1) is 35.3 Å². The number of benzene rings is 2. The molecule has 3 aromatic heterocycles. The third-order valence-corrected chi connectivity index (χ3v) is 5.78. The first-order valence-electron chi connectivity index (χ1n) is 9.65. The quantitative estimate of drug-likeness (QED) is 0.405. The molecule has 3 N–H and O–H groups in total. The molecule has 0 aliphatic heterocycles. The van der Waals surface area contributed by atoms with Crippen LogP contribution in [0.15, 0.2) is 78.3 Å². The van der Waals surface area contributed by atoms with E-state index >= 15 is 0 Å². The maximum absolute atomic E-state index is 12.7. The molecule has 0 bridgehead atoms. The van der Waals surface area contributed by atoms with E-state index in [1.807, 2.05) is 66.0 Å². The number of nitrogens with zero attached hydrogens (tertiary/aromatic N) is 4. The van der Waals surface area contributed by atoms with Crippen molar-refractivity contribution in [2.45, 2.75) is 6.54 Å². The third-order valence-electron chi connectivity index (χ3n) is 4.86. The average molecular weight is 427 g/mol. The molecule has 0 atom stereocenters. The summed E-state index contributed by atoms with van der Waals surface area (Å²) in [6.45, 7) is 0.418. The highest BCUT2D eigenvalue weighted by atomic mass is 32.1. The first-order valence-corrected chi connectivity index (χ1v) is 10.5. The highest BCUT2D eigenvalue weighted by Crippen LogP contribution is 2.30. The summed E-state index contributed by atoms with van der Waals surface area (Å²) in [4.78, 5) is 18.4. The number of amides is 1. The normalized spacial score (nSPS) is 11.0. The van der Waals surface area contributed by atoms with Crippen LogP contribution in [0.1, 0.15) is 16.2 Å². The van der Waals surface area contributed by atoms with Gasteiger partial charge in [0.25, 0.3) is 5.91 Å². The lowest BCUT2D eigenvalue weighted by Crippen LogP contribution is -2.13. The number of fused-ring (bicyclic) bond motifs is 1. The van der Waals surface area contributed by atoms with Crippen molar-refractivity contribution in [1.29, 1.82) is 0 Å². The van der Waals surface area contributed by atoms with Crippen molar-refractivity contribution in [2.24, 2.45) is 0 Å². The zero-order chi connectivity index (χ0) is 21.2. The molecule has 0 aliphatic carbocycles. The molecule has 0 radical (unpaired) electrons. The highest BCUT2D eigenvalue weighted by molar-refractivity contribution is 7.13. The van der Waals surface area contributed by atoms with Crippen molar-refractivity contribution in [1.82, 2.24) is 20.0 Å². The number of carbonyl (C=O) groups is 1. The fourth-order valence-electron chi connectivity index (χ4n) is 3.29. The van der Waals surface area contributed by atoms with Gasteiger partial charge in [-0.05, 0) is 41.3 Å². The summed E-state index contributed by atoms with van der Waals surface area (Å²) in [6, 6.07) is 21.5. The fourth-order valence-corrected chi connectivity index (χ4v) is 4.01. The monoisotopic (exact) mass is 426 g/mol. The van der Waals surface area contributed by atoms with Gasteiger partial charge in [-0.3, -0.25) is 9.78 Å². The lowest BCUT2D eigenvalue weighted by atomic mass is 10.1. The number of rotatable bonds is 5. The predicted octanol–water partition coefficient (Wildman–Crippen LogP) is 4.44. The molecule has 0 spiro atoms. The van der Waals surface area contributed by atoms with Crippen LogP contribution in [-0.4, -0.2) is 25.9 Å². The smallest absolute Gasteiger partial charge is 0.277 e. The van der Waals surface area contributed by atoms with Gasteiger partial charge in [-0.2, -0.15) is 0 Å². The SMILES string of the molecule is Nc1ccc(-c2cccs2)cc1NC(=O)c1cn(Cc2ccc3ccccc3n2)nn1. The Morgan fingerprint density at radius 1 is 1.06 bits per heavy atom. The number of nitrogens with one attached hydrogen (secondary N) is 1. The van der Waals surface area contributed by atoms with Gasteiger partial charge >= 0.3 is 0 Å². The minimum Gasteiger partial charge on any atom is -0.397 e. The van der Waals surface area contributed by atoms with Crippen LogP contribution in [0.3, 0.4) is 0 Å². The van der Waals surface area contributed by atoms with Crippen LogP contribution in [-0.2, 0) is 6.54 Å². The summed E-state index contributed by atoms with van der Waals surface area (Å²) in [5.74, 6) is -0.368. The summed E-state index contributed by atoms with van der Waals surface area (Å²) >= 11 is 1.63. The summed E-state index contributed by atoms with van der Waals surface area (Å²) < 4.78 is 1.59. The summed E-state index contributed by atoms with van der Waals surface area (Å²) in [6.07, 6.45) is 1.60. The molecule has 0 fully saturated rings. The summed E-state index contributed by atoms with van der Waals surface area (Å²) in [5, 5.41) is 14.0. The highest BCUT2D eigenvalue weighted by Gasteiger charge is 2.14. The van der Waals surface area contributed by atoms with Crippen molar-refractivity contribution in [3.05, 3.63) is 89.7 Å². The number of thiophene rings is 1. The van der Waals surface area contributed by atoms with Crippen molar-refractivity contribution in [2.75, 3.05) is 11.1 Å². The molecular weight excluding hydrogens is 408 g/mol. The van der Waals surface area contributed by atoms with Crippen LogP contribution in [0.25, 0.3) is 21.3 Å². The minimum absolute atomic E-state index is 0.210. The van der Waals surface area contributed by atoms with Gasteiger partial charge in [-0.25, -0.2) is 4.68 Å². The Labute approximate surface area is 182 Å². The number of hydrogen-bond donors (Lipinski definition) is 2. The zero-order valence-corrected chi connectivity index (χ0v) is 17.2. The van der Waals surface area contributed by atoms with Crippen LogP contribution < -0.4 is 11.1 Å². The van der Waals surface area contributed by atoms with E-state index in [1.165, 1.54) is 0 Å². The lowest BCUT2D eigenvalue weighted by Gasteiger charge is -2.08. The topological polar surface area (TPSA) is 98.7 Å². The van der Waals surface area contributed by atoms with E-state index < -0.39 is 0 Å². The fraction of sp³-hybridized carbons (Fsp3) is 0.0435. The number of anilines is 2. The predicted molar refractivity (Wildman–Crippen MR) is 123 cm³/mol. The van der Waals surface area contributed by atoms with Gasteiger partial charge in [-0.1, -0.05) is 41.6 Å². The first-order chi connectivity index (χ1) is 15.2. The van der Waals surface area contributed by atoms with E-state index in [0.717, 1.165) is 27.0 Å². The minimum atomic E-state index is -0.368. The van der Waals surface area contributed by atoms with Crippen molar-refractivity contribution in [3.8, 4) is 10.4 Å². The van der Waals surface area contributed by atoms with Crippen molar-refractivity contribution < 1.29 is 4.79 Å². The molecular formula is C23H18N6OS. The van der Waals surface area contributed by atoms with E-state index in [4.69, 9.17) is 5.73 Å². The maximum Gasteiger partial charge on any atom is 0.277 e. The first kappa shape index (κ1) is 19.0. The van der Waals surface area contributed by atoms with Crippen molar-refractivity contribution >= 4 is 39.5 Å². The van der Waals surface area contributed by atoms with E-state index in [9.17, 15) is 4.79 Å². The van der Waals surface area contributed by atoms with Crippen LogP contribution in [0.2, 0.25) is 0 Å². The molecule has 0 saturated heterocycles. The number of hydrogen-bond acceptors (Lipinski definition) is 6. The standard InChI is InChI=1S/C23H18N6OS/c24-18-10-8-16(22-6-3-11-31-22)12-20(18)26-23(30)21-14-29(28-27-21)13-17-9-7-15-4-1-2-5-19(15)25-17/h1-12,14H,13,24H2,(H,26,30). The van der Waals surface area contributed by atoms with Gasteiger partial charge in [0.15, 0.2) is 5.69 Å². The molecule has 5 aromatic rings. The van der Waals surface area contributed by atoms with Gasteiger partial charge < -0.3 is 11.1 Å². The van der Waals surface area contributed by atoms with Gasteiger partial charge in [0, 0.05) is 10.3 Å². The molecule has 1 amide bonds. The lowest BCUT2D eigenvalue weighted by molar-refractivity contribution is 0.102. The third kappa shape index (κ3) is 4.01. The van der Waals surface area contributed by atoms with Crippen molar-refractivity contribution in [3.63, 3.8) is 0 Å². The molecule has 0 aliphatic rings. The number of nitrogen functional groups attached to an aromatic ring is 1. The van der Waals surface area contributed by atoms with E-state index in [-0.39, 0.29) is 11.6 Å². The molecule has 0 unspecified atom stereocenters. The Hall–Kier alpha value is -4.04. The van der Waals surface area contributed by atoms with Crippen LogP contribution in [0.5, 0.6) is 0 Å².